The minimum absolute atomic E-state index is 0.235. The van der Waals surface area contributed by atoms with Crippen LogP contribution in [0, 0.1) is 6.92 Å². The van der Waals surface area contributed by atoms with E-state index in [4.69, 9.17) is 4.42 Å². The average molecular weight is 292 g/mol. The normalized spacial score (nSPS) is 10.7. The van der Waals surface area contributed by atoms with Gasteiger partial charge in [0.05, 0.1) is 18.2 Å². The topological polar surface area (TPSA) is 96.6 Å². The van der Waals surface area contributed by atoms with Crippen molar-refractivity contribution in [2.75, 3.05) is 5.32 Å². The van der Waals surface area contributed by atoms with E-state index < -0.39 is 0 Å². The Kier molecular flexibility index (Phi) is 4.26. The van der Waals surface area contributed by atoms with Crippen molar-refractivity contribution in [3.63, 3.8) is 0 Å². The molecule has 0 aliphatic heterocycles. The van der Waals surface area contributed by atoms with Gasteiger partial charge in [-0.05, 0) is 19.1 Å². The summed E-state index contributed by atoms with van der Waals surface area (Å²) in [6.07, 6.45) is 2.90. The van der Waals surface area contributed by atoms with Crippen LogP contribution in [0.4, 0.5) is 5.13 Å². The number of hydrogen-bond acceptors (Lipinski definition) is 6. The third-order valence-corrected chi connectivity index (χ3v) is 3.26. The predicted octanol–water partition coefficient (Wildman–Crippen LogP) is 1.77. The molecule has 2 N–H and O–H groups in total. The molecule has 2 rings (SSSR count). The summed E-state index contributed by atoms with van der Waals surface area (Å²) in [5.41, 5.74) is 2.90. The summed E-state index contributed by atoms with van der Waals surface area (Å²) in [6, 6.07) is 3.43. The maximum atomic E-state index is 11.9. The monoisotopic (exact) mass is 292 g/mol. The number of rotatable bonds is 4. The van der Waals surface area contributed by atoms with Gasteiger partial charge in [0.2, 0.25) is 5.91 Å². The van der Waals surface area contributed by atoms with Gasteiger partial charge in [0, 0.05) is 6.92 Å². The fraction of sp³-hybridized carbons (Fsp3) is 0.167. The second-order valence-corrected chi connectivity index (χ2v) is 4.83. The predicted molar refractivity (Wildman–Crippen MR) is 74.9 cm³/mol. The van der Waals surface area contributed by atoms with E-state index in [-0.39, 0.29) is 11.8 Å². The summed E-state index contributed by atoms with van der Waals surface area (Å²) in [4.78, 5) is 27.3. The van der Waals surface area contributed by atoms with E-state index in [9.17, 15) is 9.59 Å². The molecule has 0 bridgehead atoms. The molecule has 20 heavy (non-hydrogen) atoms. The minimum Gasteiger partial charge on any atom is -0.463 e. The summed E-state index contributed by atoms with van der Waals surface area (Å²) < 4.78 is 5.03. The lowest BCUT2D eigenvalue weighted by Crippen LogP contribution is -2.17. The van der Waals surface area contributed by atoms with Gasteiger partial charge in [-0.15, -0.1) is 0 Å². The number of thiazole rings is 1. The number of hydrogen-bond donors (Lipinski definition) is 2. The van der Waals surface area contributed by atoms with Gasteiger partial charge in [-0.3, -0.25) is 9.59 Å². The first-order valence-electron chi connectivity index (χ1n) is 5.68. The Morgan fingerprint density at radius 1 is 1.50 bits per heavy atom. The van der Waals surface area contributed by atoms with E-state index in [2.05, 4.69) is 20.8 Å². The van der Waals surface area contributed by atoms with Crippen molar-refractivity contribution in [1.82, 2.24) is 10.4 Å². The summed E-state index contributed by atoms with van der Waals surface area (Å²) in [7, 11) is 0. The van der Waals surface area contributed by atoms with Crippen LogP contribution in [-0.4, -0.2) is 23.0 Å². The van der Waals surface area contributed by atoms with Crippen molar-refractivity contribution >= 4 is 34.5 Å². The van der Waals surface area contributed by atoms with E-state index in [1.807, 2.05) is 0 Å². The molecular weight excluding hydrogens is 280 g/mol. The Labute approximate surface area is 118 Å². The standard InChI is InChI=1S/C12H12N4O3S/c1-7-10(20-12(14-7)15-8(2)17)11(18)16-13-6-9-4-3-5-19-9/h3-6H,1-2H3,(H,16,18)(H,14,15,17)/b13-6+. The smallest absolute Gasteiger partial charge is 0.283 e. The van der Waals surface area contributed by atoms with Crippen LogP contribution < -0.4 is 10.7 Å². The highest BCUT2D eigenvalue weighted by atomic mass is 32.1. The number of carbonyl (C=O) groups excluding carboxylic acids is 2. The second kappa shape index (κ2) is 6.11. The number of nitrogens with zero attached hydrogens (tertiary/aromatic N) is 2. The Hall–Kier alpha value is -2.48. The van der Waals surface area contributed by atoms with E-state index in [1.165, 1.54) is 19.4 Å². The van der Waals surface area contributed by atoms with Crippen LogP contribution in [0.5, 0.6) is 0 Å². The molecule has 8 heteroatoms. The molecule has 0 saturated heterocycles. The first-order chi connectivity index (χ1) is 9.56. The Balaban J connectivity index is 2.02. The highest BCUT2D eigenvalue weighted by molar-refractivity contribution is 7.17. The van der Waals surface area contributed by atoms with Crippen LogP contribution in [0.2, 0.25) is 0 Å². The van der Waals surface area contributed by atoms with Gasteiger partial charge < -0.3 is 9.73 Å². The highest BCUT2D eigenvalue weighted by Crippen LogP contribution is 2.22. The zero-order valence-electron chi connectivity index (χ0n) is 10.8. The van der Waals surface area contributed by atoms with Crippen LogP contribution in [0.1, 0.15) is 28.0 Å². The molecule has 0 aromatic carbocycles. The van der Waals surface area contributed by atoms with Crippen LogP contribution in [0.25, 0.3) is 0 Å². The van der Waals surface area contributed by atoms with Gasteiger partial charge in [-0.2, -0.15) is 5.10 Å². The van der Waals surface area contributed by atoms with E-state index in [0.29, 0.717) is 21.5 Å². The van der Waals surface area contributed by atoms with Gasteiger partial charge in [-0.25, -0.2) is 10.4 Å². The zero-order chi connectivity index (χ0) is 14.5. The van der Waals surface area contributed by atoms with Crippen molar-refractivity contribution in [3.05, 3.63) is 34.7 Å². The van der Waals surface area contributed by atoms with Crippen molar-refractivity contribution < 1.29 is 14.0 Å². The first kappa shape index (κ1) is 13.9. The third kappa shape index (κ3) is 3.51. The van der Waals surface area contributed by atoms with Gasteiger partial charge in [0.25, 0.3) is 5.91 Å². The fourth-order valence-corrected chi connectivity index (χ4v) is 2.28. The molecule has 0 aliphatic carbocycles. The number of carbonyl (C=O) groups is 2. The number of anilines is 1. The number of nitrogens with one attached hydrogen (secondary N) is 2. The van der Waals surface area contributed by atoms with E-state index in [0.717, 1.165) is 11.3 Å². The third-order valence-electron chi connectivity index (χ3n) is 2.19. The maximum absolute atomic E-state index is 11.9. The van der Waals surface area contributed by atoms with E-state index >= 15 is 0 Å². The number of amides is 2. The molecule has 7 nitrogen and oxygen atoms in total. The van der Waals surface area contributed by atoms with Gasteiger partial charge >= 0.3 is 0 Å². The van der Waals surface area contributed by atoms with Crippen LogP contribution in [-0.2, 0) is 4.79 Å². The molecule has 2 heterocycles. The Bertz CT molecular complexity index is 646. The maximum Gasteiger partial charge on any atom is 0.283 e. The number of aromatic nitrogens is 1. The van der Waals surface area contributed by atoms with Crippen molar-refractivity contribution in [2.45, 2.75) is 13.8 Å². The average Bonchev–Trinajstić information content (AvgIpc) is 2.98. The van der Waals surface area contributed by atoms with Gasteiger partial charge in [0.1, 0.15) is 10.6 Å². The van der Waals surface area contributed by atoms with Crippen LogP contribution in [0.3, 0.4) is 0 Å². The van der Waals surface area contributed by atoms with Crippen molar-refractivity contribution in [3.8, 4) is 0 Å². The quantitative estimate of drug-likeness (QED) is 0.663. The number of aryl methyl sites for hydroxylation is 1. The molecular formula is C12H12N4O3S. The van der Waals surface area contributed by atoms with Crippen molar-refractivity contribution in [1.29, 1.82) is 0 Å². The summed E-state index contributed by atoms with van der Waals surface area (Å²) in [5, 5.41) is 6.69. The molecule has 0 fully saturated rings. The zero-order valence-corrected chi connectivity index (χ0v) is 11.7. The largest absolute Gasteiger partial charge is 0.463 e. The summed E-state index contributed by atoms with van der Waals surface area (Å²) in [6.45, 7) is 3.07. The summed E-state index contributed by atoms with van der Waals surface area (Å²) in [5.74, 6) is -0.0915. The molecule has 0 saturated carbocycles. The van der Waals surface area contributed by atoms with Gasteiger partial charge in [0.15, 0.2) is 5.13 Å². The lowest BCUT2D eigenvalue weighted by Gasteiger charge is -1.95. The molecule has 104 valence electrons. The van der Waals surface area contributed by atoms with Crippen LogP contribution in [0.15, 0.2) is 27.9 Å². The lowest BCUT2D eigenvalue weighted by atomic mass is 10.4. The number of hydrazone groups is 1. The molecule has 0 radical (unpaired) electrons. The Morgan fingerprint density at radius 3 is 2.95 bits per heavy atom. The number of furan rings is 1. The molecule has 2 aromatic heterocycles. The minimum atomic E-state index is -0.389. The highest BCUT2D eigenvalue weighted by Gasteiger charge is 2.15. The molecule has 0 unspecified atom stereocenters. The van der Waals surface area contributed by atoms with Crippen LogP contribution >= 0.6 is 11.3 Å². The first-order valence-corrected chi connectivity index (χ1v) is 6.50. The second-order valence-electron chi connectivity index (χ2n) is 3.83. The SMILES string of the molecule is CC(=O)Nc1nc(C)c(C(=O)N/N=C/c2ccco2)s1. The van der Waals surface area contributed by atoms with E-state index in [1.54, 1.807) is 19.1 Å². The van der Waals surface area contributed by atoms with Gasteiger partial charge in [-0.1, -0.05) is 11.3 Å². The van der Waals surface area contributed by atoms with Crippen molar-refractivity contribution in [2.24, 2.45) is 5.10 Å². The molecule has 0 spiro atoms. The Morgan fingerprint density at radius 2 is 2.30 bits per heavy atom. The fourth-order valence-electron chi connectivity index (χ4n) is 1.38. The summed E-state index contributed by atoms with van der Waals surface area (Å²) >= 11 is 1.09. The molecule has 0 aliphatic rings. The lowest BCUT2D eigenvalue weighted by molar-refractivity contribution is -0.114. The molecule has 2 aromatic rings. The molecule has 2 amide bonds. The molecule has 0 atom stereocenters.